The van der Waals surface area contributed by atoms with E-state index >= 15 is 0 Å². The fourth-order valence-corrected chi connectivity index (χ4v) is 4.42. The van der Waals surface area contributed by atoms with Crippen LogP contribution in [0.3, 0.4) is 0 Å². The molecule has 0 aromatic carbocycles. The fourth-order valence-electron chi connectivity index (χ4n) is 2.63. The summed E-state index contributed by atoms with van der Waals surface area (Å²) >= 11 is 2.39. The zero-order chi connectivity index (χ0) is 22.7. The lowest BCUT2D eigenvalue weighted by molar-refractivity contribution is -0.205. The van der Waals surface area contributed by atoms with Crippen LogP contribution < -0.4 is 0 Å². The number of thioether (sulfide) groups is 2. The molecule has 0 spiro atoms. The lowest BCUT2D eigenvalue weighted by Crippen LogP contribution is -2.57. The number of carbonyl (C=O) groups excluding carboxylic acids is 1. The van der Waals surface area contributed by atoms with Gasteiger partial charge in [0.05, 0.1) is 6.61 Å². The molecule has 1 saturated heterocycles. The van der Waals surface area contributed by atoms with Gasteiger partial charge in [0.25, 0.3) is 0 Å². The molecule has 0 bridgehead atoms. The van der Waals surface area contributed by atoms with E-state index in [1.54, 1.807) is 11.8 Å². The second kappa shape index (κ2) is 13.9. The van der Waals surface area contributed by atoms with Crippen LogP contribution in [0.15, 0.2) is 5.16 Å². The maximum absolute atomic E-state index is 12.1. The molecule has 0 aromatic rings. The number of aliphatic hydroxyl groups excluding tert-OH is 4. The van der Waals surface area contributed by atoms with Crippen LogP contribution in [0.5, 0.6) is 0 Å². The summed E-state index contributed by atoms with van der Waals surface area (Å²) in [6.07, 6.45) is -0.950. The summed E-state index contributed by atoms with van der Waals surface area (Å²) in [4.78, 5) is 12.1. The molecule has 176 valence electrons. The number of unbranched alkanes of at least 4 members (excludes halogenated alkanes) is 2. The molecule has 0 aliphatic carbocycles. The van der Waals surface area contributed by atoms with Crippen molar-refractivity contribution in [2.24, 2.45) is 5.16 Å². The smallest absolute Gasteiger partial charge is 0.394 e. The van der Waals surface area contributed by atoms with Crippen LogP contribution in [-0.4, -0.2) is 92.7 Å². The first-order valence-electron chi connectivity index (χ1n) is 9.29. The Morgan fingerprint density at radius 2 is 1.77 bits per heavy atom. The van der Waals surface area contributed by atoms with Crippen LogP contribution in [0.2, 0.25) is 0 Å². The Morgan fingerprint density at radius 1 is 1.07 bits per heavy atom. The van der Waals surface area contributed by atoms with Crippen molar-refractivity contribution in [2.45, 2.75) is 68.4 Å². The monoisotopic (exact) mass is 491 g/mol. The maximum atomic E-state index is 12.1. The highest BCUT2D eigenvalue weighted by Gasteiger charge is 2.44. The molecule has 1 rings (SSSR count). The molecule has 1 aliphatic rings. The van der Waals surface area contributed by atoms with Gasteiger partial charge in [-0.15, -0.1) is 0 Å². The molecule has 0 radical (unpaired) electrons. The van der Waals surface area contributed by atoms with E-state index in [2.05, 4.69) is 9.44 Å². The van der Waals surface area contributed by atoms with Gasteiger partial charge in [0.2, 0.25) is 0 Å². The van der Waals surface area contributed by atoms with Gasteiger partial charge < -0.3 is 25.2 Å². The second-order valence-corrected chi connectivity index (χ2v) is 9.81. The largest absolute Gasteiger partial charge is 0.466 e. The Morgan fingerprint density at radius 3 is 2.37 bits per heavy atom. The second-order valence-electron chi connectivity index (χ2n) is 6.64. The quantitative estimate of drug-likeness (QED) is 0.0760. The van der Waals surface area contributed by atoms with E-state index in [-0.39, 0.29) is 23.7 Å². The summed E-state index contributed by atoms with van der Waals surface area (Å²) in [5, 5.41) is 42.2. The molecule has 30 heavy (non-hydrogen) atoms. The summed E-state index contributed by atoms with van der Waals surface area (Å²) in [6, 6.07) is 0. The molecule has 0 amide bonds. The average Bonchev–Trinajstić information content (AvgIpc) is 2.69. The van der Waals surface area contributed by atoms with Crippen molar-refractivity contribution in [3.63, 3.8) is 0 Å². The lowest BCUT2D eigenvalue weighted by Gasteiger charge is -2.39. The number of rotatable bonds is 13. The van der Waals surface area contributed by atoms with Crippen molar-refractivity contribution in [1.29, 1.82) is 0 Å². The highest BCUT2D eigenvalue weighted by molar-refractivity contribution is 8.14. The van der Waals surface area contributed by atoms with Crippen molar-refractivity contribution in [2.75, 3.05) is 18.6 Å². The van der Waals surface area contributed by atoms with Crippen LogP contribution in [0.25, 0.3) is 0 Å². The van der Waals surface area contributed by atoms with E-state index in [1.807, 2.05) is 6.26 Å². The third-order valence-corrected chi connectivity index (χ3v) is 6.39. The lowest BCUT2D eigenvalue weighted by atomic mass is 10.0. The molecule has 11 nitrogen and oxygen atoms in total. The highest BCUT2D eigenvalue weighted by atomic mass is 32.3. The zero-order valence-corrected chi connectivity index (χ0v) is 18.9. The standard InChI is InChI=1S/C16H29NO10S3/c1-28-8-4-2-3-5-10(19)6-7-12(17-27-30(23,24)25)29-16-15(22)14(21)13(20)11(9-18)26-16/h11,13-16,18,20-22H,2-9H2,1H3,(H,23,24,25)/b17-12+/t11-,13+,14-,15-,16-/m1/s1. The number of aliphatic hydroxyl groups is 4. The van der Waals surface area contributed by atoms with E-state index in [4.69, 9.17) is 9.29 Å². The topological polar surface area (TPSA) is 183 Å². The predicted molar refractivity (Wildman–Crippen MR) is 113 cm³/mol. The molecule has 1 heterocycles. The van der Waals surface area contributed by atoms with Gasteiger partial charge in [-0.3, -0.25) is 9.35 Å². The number of hydrogen-bond acceptors (Lipinski definition) is 12. The minimum Gasteiger partial charge on any atom is -0.394 e. The van der Waals surface area contributed by atoms with Crippen molar-refractivity contribution >= 4 is 44.7 Å². The first-order chi connectivity index (χ1) is 14.1. The number of nitrogens with zero attached hydrogens (tertiary/aromatic N) is 1. The van der Waals surface area contributed by atoms with Gasteiger partial charge in [0.15, 0.2) is 0 Å². The van der Waals surface area contributed by atoms with Crippen molar-refractivity contribution in [3.05, 3.63) is 0 Å². The molecule has 1 fully saturated rings. The average molecular weight is 492 g/mol. The van der Waals surface area contributed by atoms with E-state index in [1.165, 1.54) is 0 Å². The Bertz CT molecular complexity index is 658. The number of ether oxygens (including phenoxy) is 1. The molecule has 0 aromatic heterocycles. The van der Waals surface area contributed by atoms with Crippen LogP contribution in [-0.2, 0) is 24.2 Å². The first kappa shape index (κ1) is 27.6. The van der Waals surface area contributed by atoms with Gasteiger partial charge in [-0.1, -0.05) is 23.3 Å². The normalized spacial score (nSPS) is 27.8. The molecule has 0 unspecified atom stereocenters. The van der Waals surface area contributed by atoms with Crippen LogP contribution in [0.4, 0.5) is 0 Å². The Kier molecular flexibility index (Phi) is 12.7. The van der Waals surface area contributed by atoms with E-state index in [0.717, 1.165) is 25.0 Å². The third kappa shape index (κ3) is 10.2. The number of Topliss-reactive ketones (excluding diaryl/α,β-unsaturated/α-hetero) is 1. The minimum absolute atomic E-state index is 0.0145. The Labute approximate surface area is 184 Å². The van der Waals surface area contributed by atoms with Crippen molar-refractivity contribution in [3.8, 4) is 0 Å². The predicted octanol–water partition coefficient (Wildman–Crippen LogP) is -0.0749. The summed E-state index contributed by atoms with van der Waals surface area (Å²) in [5.74, 6) is 0.946. The Hall–Kier alpha value is -0.450. The van der Waals surface area contributed by atoms with Crippen LogP contribution >= 0.6 is 23.5 Å². The molecular weight excluding hydrogens is 462 g/mol. The first-order valence-corrected chi connectivity index (χ1v) is 12.9. The zero-order valence-electron chi connectivity index (χ0n) is 16.5. The molecular formula is C16H29NO10S3. The van der Waals surface area contributed by atoms with Gasteiger partial charge >= 0.3 is 10.4 Å². The van der Waals surface area contributed by atoms with Gasteiger partial charge in [-0.05, 0) is 24.9 Å². The molecule has 14 heteroatoms. The third-order valence-electron chi connectivity index (χ3n) is 4.26. The molecule has 0 saturated carbocycles. The maximum Gasteiger partial charge on any atom is 0.466 e. The summed E-state index contributed by atoms with van der Waals surface area (Å²) in [6.45, 7) is -0.634. The van der Waals surface area contributed by atoms with E-state index in [9.17, 15) is 33.6 Å². The van der Waals surface area contributed by atoms with Crippen LogP contribution in [0, 0.1) is 0 Å². The van der Waals surface area contributed by atoms with Crippen LogP contribution in [0.1, 0.15) is 38.5 Å². The summed E-state index contributed by atoms with van der Waals surface area (Å²) in [5.41, 5.74) is -1.23. The van der Waals surface area contributed by atoms with E-state index in [0.29, 0.717) is 18.2 Å². The summed E-state index contributed by atoms with van der Waals surface area (Å²) in [7, 11) is -4.89. The number of hydrogen-bond donors (Lipinski definition) is 5. The molecule has 5 N–H and O–H groups in total. The highest BCUT2D eigenvalue weighted by Crippen LogP contribution is 2.30. The number of ketones is 1. The van der Waals surface area contributed by atoms with Gasteiger partial charge in [0.1, 0.15) is 40.7 Å². The summed E-state index contributed by atoms with van der Waals surface area (Å²) < 4.78 is 39.7. The minimum atomic E-state index is -4.89. The molecule has 5 atom stereocenters. The molecule has 1 aliphatic heterocycles. The fraction of sp³-hybridized carbons (Fsp3) is 0.875. The SMILES string of the molecule is CSCCCCCC(=O)CC/C(=N\OS(=O)(=O)O)S[C@H]1O[C@H](CO)[C@H](O)[C@@H](O)[C@H]1O. The number of carbonyl (C=O) groups is 1. The van der Waals surface area contributed by atoms with E-state index < -0.39 is 46.9 Å². The van der Waals surface area contributed by atoms with Crippen molar-refractivity contribution < 1.29 is 47.2 Å². The van der Waals surface area contributed by atoms with Gasteiger partial charge in [-0.25, -0.2) is 4.28 Å². The van der Waals surface area contributed by atoms with Gasteiger partial charge in [0, 0.05) is 19.3 Å². The Balaban J connectivity index is 2.71. The van der Waals surface area contributed by atoms with Crippen molar-refractivity contribution in [1.82, 2.24) is 0 Å². The van der Waals surface area contributed by atoms with Gasteiger partial charge in [-0.2, -0.15) is 20.2 Å². The number of oxime groups is 1.